The highest BCUT2D eigenvalue weighted by atomic mass is 16.5. The minimum atomic E-state index is -0.545. The minimum absolute atomic E-state index is 0.261. The lowest BCUT2D eigenvalue weighted by atomic mass is 9.50. The molecule has 0 spiro atoms. The van der Waals surface area contributed by atoms with Crippen LogP contribution in [0.2, 0.25) is 0 Å². The Hall–Kier alpha value is -10.0. The topological polar surface area (TPSA) is 91.1 Å². The molecule has 0 saturated heterocycles. The van der Waals surface area contributed by atoms with E-state index in [1.54, 1.807) is 0 Å². The Kier molecular flexibility index (Phi) is 14.0. The molecule has 0 N–H and O–H groups in total. The first kappa shape index (κ1) is 50.8. The van der Waals surface area contributed by atoms with Gasteiger partial charge in [0.15, 0.2) is 0 Å². The maximum atomic E-state index is 12.3. The van der Waals surface area contributed by atoms with E-state index in [-0.39, 0.29) is 11.8 Å². The molecule has 6 aromatic heterocycles. The van der Waals surface area contributed by atoms with Crippen LogP contribution in [-0.4, -0.2) is 54.6 Å². The molecule has 6 aromatic carbocycles. The molecule has 0 atom stereocenters. The van der Waals surface area contributed by atoms with Crippen LogP contribution >= 0.6 is 0 Å². The van der Waals surface area contributed by atoms with Crippen LogP contribution < -0.4 is 42.0 Å². The van der Waals surface area contributed by atoms with Crippen LogP contribution in [-0.2, 0) is 0 Å². The van der Waals surface area contributed by atoms with Crippen molar-refractivity contribution >= 4 is 68.9 Å². The Balaban J connectivity index is 1.43. The van der Waals surface area contributed by atoms with Crippen LogP contribution in [0.15, 0.2) is 231 Å². The lowest BCUT2D eigenvalue weighted by Crippen LogP contribution is -2.54. The lowest BCUT2D eigenvalue weighted by Gasteiger charge is -2.24. The number of fused-ring (bicyclic) bond motifs is 3. The quantitative estimate of drug-likeness (QED) is 0.0710. The molecule has 6 heterocycles. The molecule has 0 radical (unpaired) electrons. The molecular weight excluding hydrogens is 982 g/mol. The highest BCUT2D eigenvalue weighted by Crippen LogP contribution is 2.38. The Morgan fingerprint density at radius 2 is 0.912 bits per heavy atom. The van der Waals surface area contributed by atoms with E-state index in [9.17, 15) is 11.8 Å². The molecule has 0 amide bonds. The van der Waals surface area contributed by atoms with Crippen LogP contribution in [0.4, 0.5) is 0 Å². The third-order valence-corrected chi connectivity index (χ3v) is 14.4. The predicted octanol–water partition coefficient (Wildman–Crippen LogP) is 10.2. The molecule has 0 fully saturated rings. The lowest BCUT2D eigenvalue weighted by molar-refractivity contribution is 0.271. The van der Waals surface area contributed by atoms with Gasteiger partial charge in [-0.3, -0.25) is 0 Å². The number of ether oxygens (including phenoxy) is 2. The van der Waals surface area contributed by atoms with Gasteiger partial charge in [-0.1, -0.05) is 207 Å². The standard InChI is InChI=1S/C68H56B2N8O2/c1-47(2)45-79-55-34-22-24-49(40-55)65-62-63(68(64(72-5)59-44-76-39-21-19-37-61(76)74-59)78(65)70(53-30-14-8-15-31-53)54-32-16-9-17-33-54)66(50-25-23-35-56(41-50)80-46-48(3)4)77(69(51-26-10-6-11-27-51)52-28-12-7-13-29-52)67(62)57(42-71)58-43-75-38-20-18-36-60(75)73-58/h6-41,43-44,47-48H,45-46H2,1-4H3/b67-57-,68-64+. The van der Waals surface area contributed by atoms with Crippen molar-refractivity contribution in [3.8, 4) is 40.1 Å². The van der Waals surface area contributed by atoms with E-state index in [4.69, 9.17) is 19.4 Å². The fraction of sp³-hybridized carbons (Fsp3) is 0.118. The van der Waals surface area contributed by atoms with Gasteiger partial charge in [0.25, 0.3) is 0 Å². The smallest absolute Gasteiger partial charge is 0.328 e. The van der Waals surface area contributed by atoms with E-state index in [0.29, 0.717) is 69.4 Å². The molecule has 386 valence electrons. The summed E-state index contributed by atoms with van der Waals surface area (Å²) < 4.78 is 21.9. The van der Waals surface area contributed by atoms with Gasteiger partial charge in [-0.2, -0.15) is 5.26 Å². The van der Waals surface area contributed by atoms with Crippen molar-refractivity contribution in [1.82, 2.24) is 27.7 Å². The average Bonchev–Trinajstić information content (AvgIpc) is 2.94. The summed E-state index contributed by atoms with van der Waals surface area (Å²) in [4.78, 5) is 15.2. The van der Waals surface area contributed by atoms with Gasteiger partial charge >= 0.3 is 13.7 Å². The fourth-order valence-electron chi connectivity index (χ4n) is 11.0. The van der Waals surface area contributed by atoms with Crippen molar-refractivity contribution in [2.45, 2.75) is 27.7 Å². The van der Waals surface area contributed by atoms with Crippen LogP contribution in [0.25, 0.3) is 60.7 Å². The van der Waals surface area contributed by atoms with Gasteiger partial charge in [0, 0.05) is 63.4 Å². The first-order valence-corrected chi connectivity index (χ1v) is 27.2. The maximum Gasteiger partial charge on any atom is 0.328 e. The van der Waals surface area contributed by atoms with Gasteiger partial charge in [-0.05, 0) is 60.4 Å². The van der Waals surface area contributed by atoms with Gasteiger partial charge in [0.05, 0.1) is 30.8 Å². The normalized spacial score (nSPS) is 12.2. The molecule has 0 saturated carbocycles. The van der Waals surface area contributed by atoms with Gasteiger partial charge in [0.2, 0.25) is 5.70 Å². The summed E-state index contributed by atoms with van der Waals surface area (Å²) in [5, 5.41) is 15.1. The highest BCUT2D eigenvalue weighted by Gasteiger charge is 2.37. The first-order chi connectivity index (χ1) is 39.3. The third kappa shape index (κ3) is 9.62. The zero-order valence-corrected chi connectivity index (χ0v) is 45.1. The molecule has 0 unspecified atom stereocenters. The second kappa shape index (κ2) is 22.1. The number of aromatic nitrogens is 6. The average molecular weight is 1040 g/mol. The Labute approximate surface area is 466 Å². The van der Waals surface area contributed by atoms with Crippen molar-refractivity contribution < 1.29 is 9.47 Å². The van der Waals surface area contributed by atoms with Crippen molar-refractivity contribution in [2.24, 2.45) is 11.8 Å². The molecule has 80 heavy (non-hydrogen) atoms. The van der Waals surface area contributed by atoms with E-state index in [1.807, 2.05) is 119 Å². The van der Waals surface area contributed by atoms with Crippen molar-refractivity contribution in [2.75, 3.05) is 13.2 Å². The second-order valence-electron chi connectivity index (χ2n) is 20.9. The van der Waals surface area contributed by atoms with E-state index < -0.39 is 13.7 Å². The monoisotopic (exact) mass is 1040 g/mol. The summed E-state index contributed by atoms with van der Waals surface area (Å²) in [6.45, 7) is 18.1. The second-order valence-corrected chi connectivity index (χ2v) is 20.9. The van der Waals surface area contributed by atoms with Gasteiger partial charge in [-0.25, -0.2) is 14.8 Å². The predicted molar refractivity (Wildman–Crippen MR) is 325 cm³/mol. The van der Waals surface area contributed by atoms with Crippen LogP contribution in [0.1, 0.15) is 39.1 Å². The summed E-state index contributed by atoms with van der Waals surface area (Å²) >= 11 is 0. The summed E-state index contributed by atoms with van der Waals surface area (Å²) in [6, 6.07) is 73.0. The van der Waals surface area contributed by atoms with Crippen molar-refractivity contribution in [3.05, 3.63) is 265 Å². The number of pyridine rings is 2. The highest BCUT2D eigenvalue weighted by molar-refractivity contribution is 6.85. The van der Waals surface area contributed by atoms with E-state index in [0.717, 1.165) is 55.1 Å². The Morgan fingerprint density at radius 1 is 0.512 bits per heavy atom. The van der Waals surface area contributed by atoms with Gasteiger partial charge < -0.3 is 27.2 Å². The third-order valence-electron chi connectivity index (χ3n) is 14.4. The zero-order chi connectivity index (χ0) is 54.7. The Morgan fingerprint density at radius 3 is 1.32 bits per heavy atom. The largest absolute Gasteiger partial charge is 0.493 e. The number of nitrogens with zero attached hydrogens (tertiary/aromatic N) is 8. The number of nitriles is 1. The molecule has 10 nitrogen and oxygen atoms in total. The molecule has 0 bridgehead atoms. The summed E-state index contributed by atoms with van der Waals surface area (Å²) in [7, 11) is 0. The minimum Gasteiger partial charge on any atom is -0.493 e. The molecule has 0 aliphatic rings. The molecule has 12 rings (SSSR count). The van der Waals surface area contributed by atoms with E-state index in [2.05, 4.69) is 169 Å². The van der Waals surface area contributed by atoms with Crippen molar-refractivity contribution in [1.29, 1.82) is 5.26 Å². The summed E-state index contributed by atoms with van der Waals surface area (Å²) in [5.74, 6) is 1.91. The van der Waals surface area contributed by atoms with Crippen molar-refractivity contribution in [3.63, 3.8) is 0 Å². The molecule has 12 heteroatoms. The van der Waals surface area contributed by atoms with Crippen LogP contribution in [0.3, 0.4) is 0 Å². The maximum absolute atomic E-state index is 12.3. The number of hydrogen-bond donors (Lipinski definition) is 0. The molecular formula is C68H56B2N8O2. The summed E-state index contributed by atoms with van der Waals surface area (Å²) in [5.41, 5.74) is 10.2. The number of imidazole rings is 2. The fourth-order valence-corrected chi connectivity index (χ4v) is 11.0. The van der Waals surface area contributed by atoms with Crippen LogP contribution in [0, 0.1) is 29.7 Å². The van der Waals surface area contributed by atoms with Gasteiger partial charge in [0.1, 0.15) is 40.1 Å². The molecule has 0 aliphatic carbocycles. The number of benzene rings is 6. The zero-order valence-electron chi connectivity index (χ0n) is 45.1. The summed E-state index contributed by atoms with van der Waals surface area (Å²) in [6.07, 6.45) is 7.81. The first-order valence-electron chi connectivity index (χ1n) is 27.2. The molecule has 12 aromatic rings. The number of hydrogen-bond acceptors (Lipinski definition) is 5. The van der Waals surface area contributed by atoms with Gasteiger partial charge in [-0.15, -0.1) is 0 Å². The molecule has 0 aliphatic heterocycles. The van der Waals surface area contributed by atoms with E-state index in [1.165, 1.54) is 0 Å². The van der Waals surface area contributed by atoms with Crippen LogP contribution in [0.5, 0.6) is 11.5 Å². The number of rotatable bonds is 16. The Bertz CT molecular complexity index is 3990. The SMILES string of the molecule is [C-]#[N+]/C(c1cn2ccccc2n1)=c1\c2c(-c3cccc(OCC(C)C)c3)n(B(c3ccccc3)c3ccccc3)/c(=C(/C#N)c3cn4ccccc4n3)c2c(-c2cccc(OCC(C)C)c2)n1B(c1ccccc1)c1ccccc1. The van der Waals surface area contributed by atoms with E-state index >= 15 is 0 Å².